The number of anilines is 1. The van der Waals surface area contributed by atoms with Crippen LogP contribution < -0.4 is 5.32 Å². The third-order valence-corrected chi connectivity index (χ3v) is 4.53. The minimum atomic E-state index is -0.434. The Kier molecular flexibility index (Phi) is 2.94. The topological polar surface area (TPSA) is 70.9 Å². The number of amides is 1. The first-order valence-electron chi connectivity index (χ1n) is 8.17. The fraction of sp³-hybridized carbons (Fsp3) is 0.158. The molecule has 0 radical (unpaired) electrons. The summed E-state index contributed by atoms with van der Waals surface area (Å²) in [5.74, 6) is -0.193. The zero-order chi connectivity index (χ0) is 17.0. The molecule has 5 rings (SSSR count). The van der Waals surface area contributed by atoms with Crippen molar-refractivity contribution in [1.82, 2.24) is 10.2 Å². The molecule has 0 saturated heterocycles. The van der Waals surface area contributed by atoms with Gasteiger partial charge in [-0.05, 0) is 43.2 Å². The minimum absolute atomic E-state index is 0.0271. The van der Waals surface area contributed by atoms with E-state index in [4.69, 9.17) is 4.42 Å². The van der Waals surface area contributed by atoms with Gasteiger partial charge in [-0.1, -0.05) is 12.1 Å². The first kappa shape index (κ1) is 14.2. The van der Waals surface area contributed by atoms with Gasteiger partial charge in [0, 0.05) is 17.0 Å². The Labute approximate surface area is 141 Å². The van der Waals surface area contributed by atoms with Gasteiger partial charge >= 0.3 is 0 Å². The number of carbonyl (C=O) groups excluding carboxylic acids is 1. The quantitative estimate of drug-likeness (QED) is 0.580. The molecule has 0 aliphatic heterocycles. The number of H-pyrrole nitrogens is 1. The molecule has 1 amide bonds. The summed E-state index contributed by atoms with van der Waals surface area (Å²) in [4.78, 5) is 12.0. The number of nitrogens with one attached hydrogen (secondary N) is 2. The lowest BCUT2D eigenvalue weighted by atomic mass is 10.1. The average molecular weight is 335 g/mol. The molecule has 1 aliphatic rings. The predicted molar refractivity (Wildman–Crippen MR) is 92.6 cm³/mol. The summed E-state index contributed by atoms with van der Waals surface area (Å²) in [6.45, 7) is 0. The number of fused-ring (bicyclic) bond motifs is 2. The molecule has 4 aromatic rings. The normalized spacial score (nSPS) is 14.3. The monoisotopic (exact) mass is 335 g/mol. The second-order valence-electron chi connectivity index (χ2n) is 6.34. The van der Waals surface area contributed by atoms with Crippen LogP contribution in [0.1, 0.15) is 12.8 Å². The van der Waals surface area contributed by atoms with Crippen molar-refractivity contribution in [1.29, 1.82) is 0 Å². The number of para-hydroxylation sites is 1. The van der Waals surface area contributed by atoms with E-state index >= 15 is 0 Å². The number of hydrogen-bond acceptors (Lipinski definition) is 3. The highest BCUT2D eigenvalue weighted by Crippen LogP contribution is 2.36. The second-order valence-corrected chi connectivity index (χ2v) is 6.34. The molecule has 1 fully saturated rings. The number of nitrogens with zero attached hydrogens (tertiary/aromatic N) is 1. The van der Waals surface area contributed by atoms with Crippen molar-refractivity contribution >= 4 is 33.5 Å². The number of aromatic nitrogens is 2. The number of carbonyl (C=O) groups is 1. The standard InChI is InChI=1S/C19H14FN3O2/c20-16-12-3-1-2-4-15(12)25-18(16)17-13-9-11(7-8-14(13)22-23-17)21-19(24)10-5-6-10/h1-4,7-10H,5-6H2,(H,21,24)(H,22,23). The van der Waals surface area contributed by atoms with Crippen molar-refractivity contribution < 1.29 is 13.6 Å². The molecule has 0 unspecified atom stereocenters. The van der Waals surface area contributed by atoms with Gasteiger partial charge in [-0.2, -0.15) is 5.10 Å². The highest BCUT2D eigenvalue weighted by molar-refractivity contribution is 6.00. The van der Waals surface area contributed by atoms with Crippen LogP contribution in [0.4, 0.5) is 10.1 Å². The number of halogens is 1. The number of hydrogen-bond donors (Lipinski definition) is 2. The number of benzene rings is 2. The average Bonchev–Trinajstić information content (AvgIpc) is 3.33. The Hall–Kier alpha value is -3.15. The second kappa shape index (κ2) is 5.17. The minimum Gasteiger partial charge on any atom is -0.451 e. The third-order valence-electron chi connectivity index (χ3n) is 4.53. The van der Waals surface area contributed by atoms with E-state index in [0.29, 0.717) is 27.7 Å². The molecule has 0 atom stereocenters. The molecule has 5 nitrogen and oxygen atoms in total. The van der Waals surface area contributed by atoms with Gasteiger partial charge in [0.1, 0.15) is 11.3 Å². The molecule has 1 aliphatic carbocycles. The van der Waals surface area contributed by atoms with Crippen LogP contribution in [0.2, 0.25) is 0 Å². The van der Waals surface area contributed by atoms with Crippen LogP contribution in [0.5, 0.6) is 0 Å². The molecule has 0 bridgehead atoms. The van der Waals surface area contributed by atoms with E-state index in [-0.39, 0.29) is 17.6 Å². The summed E-state index contributed by atoms with van der Waals surface area (Å²) in [7, 11) is 0. The molecule has 6 heteroatoms. The highest BCUT2D eigenvalue weighted by Gasteiger charge is 2.29. The Morgan fingerprint density at radius 2 is 2.04 bits per heavy atom. The lowest BCUT2D eigenvalue weighted by Crippen LogP contribution is -2.12. The van der Waals surface area contributed by atoms with Crippen LogP contribution in [-0.2, 0) is 4.79 Å². The van der Waals surface area contributed by atoms with Gasteiger partial charge in [0.2, 0.25) is 5.91 Å². The highest BCUT2D eigenvalue weighted by atomic mass is 19.1. The van der Waals surface area contributed by atoms with E-state index in [1.54, 1.807) is 36.4 Å². The Morgan fingerprint density at radius 3 is 2.84 bits per heavy atom. The van der Waals surface area contributed by atoms with Gasteiger partial charge in [-0.15, -0.1) is 0 Å². The van der Waals surface area contributed by atoms with E-state index < -0.39 is 5.82 Å². The van der Waals surface area contributed by atoms with Crippen LogP contribution in [0.25, 0.3) is 33.3 Å². The summed E-state index contributed by atoms with van der Waals surface area (Å²) in [5.41, 5.74) is 2.29. The van der Waals surface area contributed by atoms with Crippen molar-refractivity contribution in [2.75, 3.05) is 5.32 Å². The summed E-state index contributed by atoms with van der Waals surface area (Å²) in [6, 6.07) is 12.4. The third kappa shape index (κ3) is 2.29. The van der Waals surface area contributed by atoms with Crippen molar-refractivity contribution in [3.05, 3.63) is 48.3 Å². The van der Waals surface area contributed by atoms with Crippen molar-refractivity contribution in [3.63, 3.8) is 0 Å². The predicted octanol–water partition coefficient (Wildman–Crippen LogP) is 4.46. The largest absolute Gasteiger partial charge is 0.451 e. The Bertz CT molecular complexity index is 1120. The van der Waals surface area contributed by atoms with Crippen molar-refractivity contribution in [3.8, 4) is 11.5 Å². The van der Waals surface area contributed by atoms with Crippen molar-refractivity contribution in [2.45, 2.75) is 12.8 Å². The molecule has 25 heavy (non-hydrogen) atoms. The van der Waals surface area contributed by atoms with E-state index in [1.165, 1.54) is 0 Å². The first-order chi connectivity index (χ1) is 12.2. The summed E-state index contributed by atoms with van der Waals surface area (Å²) < 4.78 is 20.4. The Morgan fingerprint density at radius 1 is 1.20 bits per heavy atom. The van der Waals surface area contributed by atoms with Gasteiger partial charge < -0.3 is 9.73 Å². The van der Waals surface area contributed by atoms with Gasteiger partial charge in [-0.25, -0.2) is 4.39 Å². The molecule has 124 valence electrons. The van der Waals surface area contributed by atoms with E-state index in [0.717, 1.165) is 18.4 Å². The van der Waals surface area contributed by atoms with Gasteiger partial charge in [0.05, 0.1) is 10.9 Å². The molecular weight excluding hydrogens is 321 g/mol. The van der Waals surface area contributed by atoms with Crippen molar-refractivity contribution in [2.24, 2.45) is 5.92 Å². The SMILES string of the molecule is O=C(Nc1ccc2[nH]nc(-c3oc4ccccc4c3F)c2c1)C1CC1. The first-order valence-corrected chi connectivity index (χ1v) is 8.17. The molecule has 2 heterocycles. The van der Waals surface area contributed by atoms with Crippen LogP contribution >= 0.6 is 0 Å². The smallest absolute Gasteiger partial charge is 0.227 e. The molecule has 2 aromatic carbocycles. The number of rotatable bonds is 3. The fourth-order valence-electron chi connectivity index (χ4n) is 3.02. The molecule has 2 N–H and O–H groups in total. The molecule has 0 spiro atoms. The van der Waals surface area contributed by atoms with E-state index in [2.05, 4.69) is 15.5 Å². The zero-order valence-electron chi connectivity index (χ0n) is 13.2. The maximum Gasteiger partial charge on any atom is 0.227 e. The van der Waals surface area contributed by atoms with Crippen LogP contribution in [-0.4, -0.2) is 16.1 Å². The lowest BCUT2D eigenvalue weighted by molar-refractivity contribution is -0.117. The summed E-state index contributed by atoms with van der Waals surface area (Å²) in [6.07, 6.45) is 1.88. The maximum absolute atomic E-state index is 14.7. The van der Waals surface area contributed by atoms with E-state index in [9.17, 15) is 9.18 Å². The number of furan rings is 1. The summed E-state index contributed by atoms with van der Waals surface area (Å²) >= 11 is 0. The van der Waals surface area contributed by atoms with E-state index in [1.807, 2.05) is 6.07 Å². The fourth-order valence-corrected chi connectivity index (χ4v) is 3.02. The number of aromatic amines is 1. The van der Waals surface area contributed by atoms with Crippen LogP contribution in [0.3, 0.4) is 0 Å². The Balaban J connectivity index is 1.62. The zero-order valence-corrected chi connectivity index (χ0v) is 13.2. The maximum atomic E-state index is 14.7. The summed E-state index contributed by atoms with van der Waals surface area (Å²) in [5, 5.41) is 11.1. The van der Waals surface area contributed by atoms with Crippen LogP contribution in [0, 0.1) is 11.7 Å². The lowest BCUT2D eigenvalue weighted by Gasteiger charge is -2.04. The molecular formula is C19H14FN3O2. The van der Waals surface area contributed by atoms with Gasteiger partial charge in [0.15, 0.2) is 11.6 Å². The van der Waals surface area contributed by atoms with Gasteiger partial charge in [-0.3, -0.25) is 9.89 Å². The molecule has 2 aromatic heterocycles. The molecule has 1 saturated carbocycles. The van der Waals surface area contributed by atoms with Gasteiger partial charge in [0.25, 0.3) is 0 Å². The van der Waals surface area contributed by atoms with Crippen LogP contribution in [0.15, 0.2) is 46.9 Å².